The van der Waals surface area contributed by atoms with Crippen LogP contribution in [0.4, 0.5) is 0 Å². The van der Waals surface area contributed by atoms with Crippen LogP contribution in [0.5, 0.6) is 0 Å². The van der Waals surface area contributed by atoms with E-state index in [1.807, 2.05) is 17.5 Å². The number of carbonyl (C=O) groups excluding carboxylic acids is 2. The van der Waals surface area contributed by atoms with Crippen LogP contribution in [0.1, 0.15) is 27.4 Å². The van der Waals surface area contributed by atoms with Gasteiger partial charge in [0.15, 0.2) is 5.78 Å². The molecule has 0 radical (unpaired) electrons. The molecule has 112 valence electrons. The first-order chi connectivity index (χ1) is 10.3. The third kappa shape index (κ3) is 6.03. The number of hydrogen-bond acceptors (Lipinski definition) is 5. The maximum Gasteiger partial charge on any atom is 0.220 e. The molecule has 0 aliphatic rings. The summed E-state index contributed by atoms with van der Waals surface area (Å²) >= 11 is 4.98. The Labute approximate surface area is 136 Å². The van der Waals surface area contributed by atoms with E-state index in [1.54, 1.807) is 29.2 Å². The number of nitrogens with one attached hydrogen (secondary N) is 1. The summed E-state index contributed by atoms with van der Waals surface area (Å²) < 4.78 is 0. The van der Waals surface area contributed by atoms with Gasteiger partial charge in [-0.05, 0) is 22.9 Å². The van der Waals surface area contributed by atoms with E-state index in [0.29, 0.717) is 6.54 Å². The van der Waals surface area contributed by atoms with Gasteiger partial charge in [0.05, 0.1) is 4.88 Å². The zero-order chi connectivity index (χ0) is 14.9. The van der Waals surface area contributed by atoms with Crippen molar-refractivity contribution < 1.29 is 9.59 Å². The lowest BCUT2D eigenvalue weighted by atomic mass is 10.2. The molecule has 0 aromatic carbocycles. The summed E-state index contributed by atoms with van der Waals surface area (Å²) in [6.07, 6.45) is 0.557. The Kier molecular flexibility index (Phi) is 6.99. The van der Waals surface area contributed by atoms with Gasteiger partial charge in [-0.3, -0.25) is 9.59 Å². The number of rotatable bonds is 9. The van der Waals surface area contributed by atoms with Gasteiger partial charge in [-0.25, -0.2) is 0 Å². The molecule has 0 aliphatic heterocycles. The standard InChI is InChI=1S/C15H17NO2S3/c17-13(14-4-2-9-21-14)5-6-15(18)16-7-10-19-11-12-3-1-8-20-12/h1-4,8-9H,5-7,10-11H2,(H,16,18). The lowest BCUT2D eigenvalue weighted by molar-refractivity contribution is -0.120. The van der Waals surface area contributed by atoms with Crippen molar-refractivity contribution in [1.29, 1.82) is 0 Å². The van der Waals surface area contributed by atoms with E-state index < -0.39 is 0 Å². The fourth-order valence-corrected chi connectivity index (χ4v) is 4.10. The minimum absolute atomic E-state index is 0.0448. The number of hydrogen-bond donors (Lipinski definition) is 1. The third-order valence-electron chi connectivity index (χ3n) is 2.77. The van der Waals surface area contributed by atoms with Crippen molar-refractivity contribution in [3.8, 4) is 0 Å². The van der Waals surface area contributed by atoms with Crippen LogP contribution < -0.4 is 5.32 Å². The minimum atomic E-state index is -0.0448. The number of ketones is 1. The van der Waals surface area contributed by atoms with Gasteiger partial charge in [-0.15, -0.1) is 22.7 Å². The first-order valence-corrected chi connectivity index (χ1v) is 9.60. The Morgan fingerprint density at radius 1 is 1.10 bits per heavy atom. The van der Waals surface area contributed by atoms with Crippen LogP contribution in [0.3, 0.4) is 0 Å². The smallest absolute Gasteiger partial charge is 0.220 e. The molecule has 0 atom stereocenters. The fourth-order valence-electron chi connectivity index (χ4n) is 1.71. The van der Waals surface area contributed by atoms with Crippen LogP contribution >= 0.6 is 34.4 Å². The molecule has 21 heavy (non-hydrogen) atoms. The summed E-state index contributed by atoms with van der Waals surface area (Å²) in [6.45, 7) is 0.655. The normalized spacial score (nSPS) is 10.5. The molecule has 0 saturated carbocycles. The molecule has 1 N–H and O–H groups in total. The highest BCUT2D eigenvalue weighted by atomic mass is 32.2. The molecule has 0 saturated heterocycles. The lowest BCUT2D eigenvalue weighted by Crippen LogP contribution is -2.26. The quantitative estimate of drug-likeness (QED) is 0.558. The molecule has 0 fully saturated rings. The Morgan fingerprint density at radius 3 is 2.62 bits per heavy atom. The van der Waals surface area contributed by atoms with Crippen molar-refractivity contribution in [3.63, 3.8) is 0 Å². The van der Waals surface area contributed by atoms with Gasteiger partial charge in [0, 0.05) is 35.8 Å². The monoisotopic (exact) mass is 339 g/mol. The number of thioether (sulfide) groups is 1. The van der Waals surface area contributed by atoms with E-state index in [4.69, 9.17) is 0 Å². The number of Topliss-reactive ketones (excluding diaryl/α,β-unsaturated/α-hetero) is 1. The molecule has 2 rings (SSSR count). The van der Waals surface area contributed by atoms with Gasteiger partial charge in [-0.1, -0.05) is 12.1 Å². The third-order valence-corrected chi connectivity index (χ3v) is 5.75. The van der Waals surface area contributed by atoms with Crippen LogP contribution in [0, 0.1) is 0 Å². The van der Waals surface area contributed by atoms with Crippen molar-refractivity contribution in [3.05, 3.63) is 44.8 Å². The first kappa shape index (κ1) is 16.3. The van der Waals surface area contributed by atoms with Gasteiger partial charge >= 0.3 is 0 Å². The maximum atomic E-state index is 11.7. The Balaban J connectivity index is 1.52. The van der Waals surface area contributed by atoms with E-state index >= 15 is 0 Å². The highest BCUT2D eigenvalue weighted by Gasteiger charge is 2.09. The zero-order valence-corrected chi connectivity index (χ0v) is 14.0. The Bertz CT molecular complexity index is 550. The minimum Gasteiger partial charge on any atom is -0.355 e. The van der Waals surface area contributed by atoms with E-state index in [-0.39, 0.29) is 24.5 Å². The molecule has 2 heterocycles. The van der Waals surface area contributed by atoms with E-state index in [0.717, 1.165) is 16.4 Å². The average Bonchev–Trinajstić information content (AvgIpc) is 3.17. The molecular formula is C15H17NO2S3. The molecule has 1 amide bonds. The second kappa shape index (κ2) is 9.02. The van der Waals surface area contributed by atoms with Crippen LogP contribution in [0.15, 0.2) is 35.0 Å². The number of carbonyl (C=O) groups is 2. The van der Waals surface area contributed by atoms with Gasteiger partial charge in [0.25, 0.3) is 0 Å². The highest BCUT2D eigenvalue weighted by molar-refractivity contribution is 7.98. The summed E-state index contributed by atoms with van der Waals surface area (Å²) in [4.78, 5) is 25.5. The van der Waals surface area contributed by atoms with Gasteiger partial charge in [0.1, 0.15) is 0 Å². The second-order valence-corrected chi connectivity index (χ2v) is 7.47. The molecule has 2 aromatic heterocycles. The predicted molar refractivity (Wildman–Crippen MR) is 91.4 cm³/mol. The van der Waals surface area contributed by atoms with E-state index in [1.165, 1.54) is 16.2 Å². The summed E-state index contributed by atoms with van der Waals surface area (Å²) in [5, 5.41) is 6.80. The summed E-state index contributed by atoms with van der Waals surface area (Å²) in [5.41, 5.74) is 0. The largest absolute Gasteiger partial charge is 0.355 e. The van der Waals surface area contributed by atoms with E-state index in [9.17, 15) is 9.59 Å². The van der Waals surface area contributed by atoms with Crippen LogP contribution in [0.25, 0.3) is 0 Å². The van der Waals surface area contributed by atoms with Gasteiger partial charge < -0.3 is 5.32 Å². The number of thiophene rings is 2. The SMILES string of the molecule is O=C(CCC(=O)c1cccs1)NCCSCc1cccs1. The Morgan fingerprint density at radius 2 is 1.90 bits per heavy atom. The molecule has 2 aromatic rings. The van der Waals surface area contributed by atoms with E-state index in [2.05, 4.69) is 16.8 Å². The maximum absolute atomic E-state index is 11.7. The molecule has 0 unspecified atom stereocenters. The van der Waals surface area contributed by atoms with Crippen LogP contribution in [-0.4, -0.2) is 24.0 Å². The molecule has 6 heteroatoms. The number of amides is 1. The molecule has 3 nitrogen and oxygen atoms in total. The van der Waals surface area contributed by atoms with Crippen LogP contribution in [-0.2, 0) is 10.5 Å². The Hall–Kier alpha value is -1.11. The zero-order valence-electron chi connectivity index (χ0n) is 11.5. The van der Waals surface area contributed by atoms with Crippen molar-refractivity contribution in [1.82, 2.24) is 5.32 Å². The van der Waals surface area contributed by atoms with Crippen molar-refractivity contribution in [2.24, 2.45) is 0 Å². The van der Waals surface area contributed by atoms with Crippen molar-refractivity contribution in [2.75, 3.05) is 12.3 Å². The lowest BCUT2D eigenvalue weighted by Gasteiger charge is -2.04. The molecule has 0 spiro atoms. The summed E-state index contributed by atoms with van der Waals surface area (Å²) in [5.74, 6) is 1.89. The summed E-state index contributed by atoms with van der Waals surface area (Å²) in [7, 11) is 0. The molecule has 0 aliphatic carbocycles. The predicted octanol–water partition coefficient (Wildman–Crippen LogP) is 3.82. The van der Waals surface area contributed by atoms with Crippen molar-refractivity contribution >= 4 is 46.1 Å². The molecular weight excluding hydrogens is 322 g/mol. The average molecular weight is 340 g/mol. The second-order valence-electron chi connectivity index (χ2n) is 4.38. The first-order valence-electron chi connectivity index (χ1n) is 6.69. The fraction of sp³-hybridized carbons (Fsp3) is 0.333. The van der Waals surface area contributed by atoms with Crippen LogP contribution in [0.2, 0.25) is 0 Å². The molecule has 0 bridgehead atoms. The van der Waals surface area contributed by atoms with Gasteiger partial charge in [-0.2, -0.15) is 11.8 Å². The van der Waals surface area contributed by atoms with Crippen molar-refractivity contribution in [2.45, 2.75) is 18.6 Å². The van der Waals surface area contributed by atoms with Gasteiger partial charge in [0.2, 0.25) is 5.91 Å². The highest BCUT2D eigenvalue weighted by Crippen LogP contribution is 2.16. The summed E-state index contributed by atoms with van der Waals surface area (Å²) in [6, 6.07) is 7.81. The topological polar surface area (TPSA) is 46.2 Å².